The molecule has 0 radical (unpaired) electrons. The Morgan fingerprint density at radius 3 is 2.64 bits per heavy atom. The smallest absolute Gasteiger partial charge is 0.273 e. The van der Waals surface area contributed by atoms with E-state index in [4.69, 9.17) is 0 Å². The molecule has 1 aromatic carbocycles. The number of benzene rings is 1. The number of thiophene rings is 1. The number of nitrogens with one attached hydrogen (secondary N) is 2. The van der Waals surface area contributed by atoms with E-state index in [2.05, 4.69) is 36.0 Å². The fourth-order valence-corrected chi connectivity index (χ4v) is 5.84. The maximum Gasteiger partial charge on any atom is 0.273 e. The summed E-state index contributed by atoms with van der Waals surface area (Å²) in [6, 6.07) is 9.71. The van der Waals surface area contributed by atoms with Gasteiger partial charge in [0.15, 0.2) is 0 Å². The van der Waals surface area contributed by atoms with Gasteiger partial charge < -0.3 is 0 Å². The first-order valence-corrected chi connectivity index (χ1v) is 11.5. The van der Waals surface area contributed by atoms with Gasteiger partial charge in [-0.1, -0.05) is 39.0 Å². The highest BCUT2D eigenvalue weighted by molar-refractivity contribution is 7.94. The summed E-state index contributed by atoms with van der Waals surface area (Å²) in [6.45, 7) is 6.59. The number of anilines is 1. The summed E-state index contributed by atoms with van der Waals surface area (Å²) in [5, 5.41) is 6.03. The first-order chi connectivity index (χ1) is 13.2. The SMILES string of the molecule is C[C@@H]1C/C(=N\NC(=O)c2ccccc2NS(=O)(=O)c2cccs2)CC(C)(C)C1. The van der Waals surface area contributed by atoms with Gasteiger partial charge in [0.2, 0.25) is 0 Å². The van der Waals surface area contributed by atoms with Gasteiger partial charge in [0.1, 0.15) is 4.21 Å². The van der Waals surface area contributed by atoms with Crippen molar-refractivity contribution in [1.82, 2.24) is 5.43 Å². The van der Waals surface area contributed by atoms with E-state index in [1.165, 1.54) is 6.07 Å². The van der Waals surface area contributed by atoms with Crippen molar-refractivity contribution in [2.24, 2.45) is 16.4 Å². The third-order valence-electron chi connectivity index (χ3n) is 4.66. The first-order valence-electron chi connectivity index (χ1n) is 9.17. The molecule has 28 heavy (non-hydrogen) atoms. The van der Waals surface area contributed by atoms with E-state index in [0.717, 1.165) is 36.3 Å². The molecule has 1 aliphatic rings. The number of rotatable bonds is 5. The number of hydrazone groups is 1. The van der Waals surface area contributed by atoms with Gasteiger partial charge in [0, 0.05) is 5.71 Å². The van der Waals surface area contributed by atoms with Crippen molar-refractivity contribution < 1.29 is 13.2 Å². The van der Waals surface area contributed by atoms with E-state index in [1.54, 1.807) is 35.7 Å². The summed E-state index contributed by atoms with van der Waals surface area (Å²) in [7, 11) is -3.73. The number of carbonyl (C=O) groups is 1. The molecule has 0 saturated heterocycles. The van der Waals surface area contributed by atoms with Crippen LogP contribution in [0.3, 0.4) is 0 Å². The fourth-order valence-electron chi connectivity index (χ4n) is 3.77. The minimum absolute atomic E-state index is 0.162. The number of hydrogen-bond acceptors (Lipinski definition) is 5. The Morgan fingerprint density at radius 1 is 1.21 bits per heavy atom. The molecule has 1 amide bonds. The van der Waals surface area contributed by atoms with Crippen molar-refractivity contribution in [1.29, 1.82) is 0 Å². The van der Waals surface area contributed by atoms with Crippen LogP contribution in [0.1, 0.15) is 50.4 Å². The molecular weight excluding hydrogens is 394 g/mol. The molecule has 1 saturated carbocycles. The molecule has 0 bridgehead atoms. The lowest BCUT2D eigenvalue weighted by atomic mass is 9.72. The molecule has 8 heteroatoms. The molecular formula is C20H25N3O3S2. The zero-order valence-corrected chi connectivity index (χ0v) is 17.9. The number of hydrogen-bond donors (Lipinski definition) is 2. The average Bonchev–Trinajstić information content (AvgIpc) is 3.14. The van der Waals surface area contributed by atoms with E-state index in [-0.39, 0.29) is 20.9 Å². The minimum atomic E-state index is -3.73. The second kappa shape index (κ2) is 8.05. The molecule has 1 heterocycles. The van der Waals surface area contributed by atoms with E-state index >= 15 is 0 Å². The molecule has 1 aromatic heterocycles. The second-order valence-corrected chi connectivity index (χ2v) is 10.9. The van der Waals surface area contributed by atoms with Gasteiger partial charge in [0.05, 0.1) is 11.3 Å². The highest BCUT2D eigenvalue weighted by Gasteiger charge is 2.29. The molecule has 1 fully saturated rings. The Hall–Kier alpha value is -2.19. The summed E-state index contributed by atoms with van der Waals surface area (Å²) in [6.07, 6.45) is 2.83. The van der Waals surface area contributed by atoms with Crippen LogP contribution < -0.4 is 10.1 Å². The Morgan fingerprint density at radius 2 is 1.96 bits per heavy atom. The van der Waals surface area contributed by atoms with Gasteiger partial charge >= 0.3 is 0 Å². The topological polar surface area (TPSA) is 87.6 Å². The normalized spacial score (nSPS) is 20.7. The Labute approximate surface area is 170 Å². The van der Waals surface area contributed by atoms with Crippen molar-refractivity contribution in [3.63, 3.8) is 0 Å². The highest BCUT2D eigenvalue weighted by Crippen LogP contribution is 2.36. The predicted octanol–water partition coefficient (Wildman–Crippen LogP) is 4.48. The van der Waals surface area contributed by atoms with E-state index in [0.29, 0.717) is 5.92 Å². The number of nitrogens with zero attached hydrogens (tertiary/aromatic N) is 1. The highest BCUT2D eigenvalue weighted by atomic mass is 32.2. The summed E-state index contributed by atoms with van der Waals surface area (Å²) in [5.41, 5.74) is 4.19. The lowest BCUT2D eigenvalue weighted by molar-refractivity contribution is 0.0954. The number of amides is 1. The third-order valence-corrected chi connectivity index (χ3v) is 7.42. The van der Waals surface area contributed by atoms with Gasteiger partial charge in [-0.05, 0) is 54.2 Å². The Bertz CT molecular complexity index is 980. The van der Waals surface area contributed by atoms with Crippen LogP contribution in [-0.2, 0) is 10.0 Å². The largest absolute Gasteiger partial charge is 0.278 e. The maximum atomic E-state index is 12.7. The third kappa shape index (κ3) is 4.99. The van der Waals surface area contributed by atoms with Gasteiger partial charge in [0.25, 0.3) is 15.9 Å². The zero-order chi connectivity index (χ0) is 20.4. The molecule has 0 aliphatic heterocycles. The van der Waals surface area contributed by atoms with Crippen LogP contribution in [-0.4, -0.2) is 20.0 Å². The fraction of sp³-hybridized carbons (Fsp3) is 0.400. The predicted molar refractivity (Wildman–Crippen MR) is 113 cm³/mol. The quantitative estimate of drug-likeness (QED) is 0.701. The summed E-state index contributed by atoms with van der Waals surface area (Å²) in [4.78, 5) is 12.7. The van der Waals surface area contributed by atoms with Crippen molar-refractivity contribution in [2.45, 2.75) is 44.2 Å². The molecule has 3 rings (SSSR count). The Balaban J connectivity index is 1.77. The number of sulfonamides is 1. The number of para-hydroxylation sites is 1. The van der Waals surface area contributed by atoms with Gasteiger partial charge in [-0.3, -0.25) is 9.52 Å². The Kier molecular flexibility index (Phi) is 5.90. The van der Waals surface area contributed by atoms with Crippen LogP contribution in [0.4, 0.5) is 5.69 Å². The van der Waals surface area contributed by atoms with Crippen LogP contribution >= 0.6 is 11.3 Å². The van der Waals surface area contributed by atoms with Crippen LogP contribution in [0, 0.1) is 11.3 Å². The van der Waals surface area contributed by atoms with Crippen molar-refractivity contribution >= 4 is 38.7 Å². The zero-order valence-electron chi connectivity index (χ0n) is 16.2. The maximum absolute atomic E-state index is 12.7. The van der Waals surface area contributed by atoms with Gasteiger partial charge in [-0.2, -0.15) is 5.10 Å². The summed E-state index contributed by atoms with van der Waals surface area (Å²) in [5.74, 6) is 0.0808. The van der Waals surface area contributed by atoms with Crippen molar-refractivity contribution in [3.8, 4) is 0 Å². The van der Waals surface area contributed by atoms with Crippen LogP contribution in [0.5, 0.6) is 0 Å². The van der Waals surface area contributed by atoms with Gasteiger partial charge in [-0.15, -0.1) is 11.3 Å². The van der Waals surface area contributed by atoms with E-state index in [9.17, 15) is 13.2 Å². The second-order valence-electron chi connectivity index (χ2n) is 8.06. The molecule has 1 aliphatic carbocycles. The molecule has 0 unspecified atom stereocenters. The van der Waals surface area contributed by atoms with Crippen molar-refractivity contribution in [2.75, 3.05) is 4.72 Å². The van der Waals surface area contributed by atoms with E-state index < -0.39 is 15.9 Å². The summed E-state index contributed by atoms with van der Waals surface area (Å²) < 4.78 is 27.7. The minimum Gasteiger partial charge on any atom is -0.278 e. The van der Waals surface area contributed by atoms with Crippen LogP contribution in [0.15, 0.2) is 51.1 Å². The lowest BCUT2D eigenvalue weighted by Crippen LogP contribution is -2.30. The van der Waals surface area contributed by atoms with Crippen LogP contribution in [0.25, 0.3) is 0 Å². The van der Waals surface area contributed by atoms with Crippen molar-refractivity contribution in [3.05, 3.63) is 47.3 Å². The monoisotopic (exact) mass is 419 g/mol. The molecule has 2 N–H and O–H groups in total. The molecule has 1 atom stereocenters. The standard InChI is InChI=1S/C20H25N3O3S2/c1-14-11-15(13-20(2,3)12-14)21-22-19(24)16-7-4-5-8-17(16)23-28(25,26)18-9-6-10-27-18/h4-10,14,23H,11-13H2,1-3H3,(H,22,24)/b21-15+/t14-/m1/s1. The summed E-state index contributed by atoms with van der Waals surface area (Å²) >= 11 is 1.12. The molecule has 2 aromatic rings. The van der Waals surface area contributed by atoms with Gasteiger partial charge in [-0.25, -0.2) is 13.8 Å². The first kappa shape index (κ1) is 20.5. The molecule has 0 spiro atoms. The average molecular weight is 420 g/mol. The lowest BCUT2D eigenvalue weighted by Gasteiger charge is -2.34. The molecule has 150 valence electrons. The number of carbonyl (C=O) groups excluding carboxylic acids is 1. The molecule has 6 nitrogen and oxygen atoms in total. The van der Waals surface area contributed by atoms with E-state index in [1.807, 2.05) is 0 Å². The van der Waals surface area contributed by atoms with Crippen LogP contribution in [0.2, 0.25) is 0 Å².